The van der Waals surface area contributed by atoms with Crippen molar-refractivity contribution in [2.75, 3.05) is 0 Å². The van der Waals surface area contributed by atoms with Crippen LogP contribution in [0.25, 0.3) is 22.6 Å². The molecule has 0 fully saturated rings. The van der Waals surface area contributed by atoms with Gasteiger partial charge < -0.3 is 10.1 Å². The highest BCUT2D eigenvalue weighted by molar-refractivity contribution is 5.74. The van der Waals surface area contributed by atoms with Gasteiger partial charge in [0.05, 0.1) is 23.6 Å². The maximum Gasteiger partial charge on any atom is 0.282 e. The van der Waals surface area contributed by atoms with Gasteiger partial charge in [0.25, 0.3) is 5.56 Å². The van der Waals surface area contributed by atoms with Gasteiger partial charge in [-0.3, -0.25) is 9.59 Å². The molecule has 5 rings (SSSR count). The van der Waals surface area contributed by atoms with Crippen LogP contribution in [-0.2, 0) is 19.3 Å². The molecule has 29 heavy (non-hydrogen) atoms. The van der Waals surface area contributed by atoms with Crippen molar-refractivity contribution >= 4 is 5.83 Å². The number of fused-ring (bicyclic) bond motifs is 4. The van der Waals surface area contributed by atoms with Gasteiger partial charge in [0.15, 0.2) is 0 Å². The number of H-pyrrole nitrogens is 1. The number of nitrogens with zero attached hydrogens (tertiary/aromatic N) is 2. The van der Waals surface area contributed by atoms with E-state index < -0.39 is 17.5 Å². The number of aromatic amines is 1. The Morgan fingerprint density at radius 2 is 2.00 bits per heavy atom. The van der Waals surface area contributed by atoms with Gasteiger partial charge in [0, 0.05) is 30.2 Å². The summed E-state index contributed by atoms with van der Waals surface area (Å²) in [4.78, 5) is 27.6. The predicted molar refractivity (Wildman–Crippen MR) is 107 cm³/mol. The van der Waals surface area contributed by atoms with E-state index in [1.54, 1.807) is 24.4 Å². The highest BCUT2D eigenvalue weighted by Gasteiger charge is 2.25. The smallest absolute Gasteiger partial charge is 0.282 e. The summed E-state index contributed by atoms with van der Waals surface area (Å²) in [5.41, 5.74) is 3.44. The summed E-state index contributed by atoms with van der Waals surface area (Å²) in [7, 11) is 0. The van der Waals surface area contributed by atoms with Crippen LogP contribution in [0.2, 0.25) is 0 Å². The normalized spacial score (nSPS) is 17.6. The van der Waals surface area contributed by atoms with Crippen molar-refractivity contribution in [3.8, 4) is 16.8 Å². The second-order valence-electron chi connectivity index (χ2n) is 7.43. The minimum Gasteiger partial charge on any atom is -0.392 e. The Balaban J connectivity index is 1.77. The number of allylic oxidation sites excluding steroid dienone is 1. The number of hydrogen-bond donors (Lipinski definition) is 2. The molecule has 3 aromatic rings. The third kappa shape index (κ3) is 2.86. The Hall–Kier alpha value is -3.32. The lowest BCUT2D eigenvalue weighted by Crippen LogP contribution is -2.28. The summed E-state index contributed by atoms with van der Waals surface area (Å²) in [5, 5.41) is 14.9. The number of aromatic nitrogens is 3. The Morgan fingerprint density at radius 3 is 2.86 bits per heavy atom. The quantitative estimate of drug-likeness (QED) is 0.666. The van der Waals surface area contributed by atoms with E-state index in [2.05, 4.69) is 10.1 Å². The van der Waals surface area contributed by atoms with E-state index in [9.17, 15) is 19.1 Å². The maximum absolute atomic E-state index is 14.4. The second kappa shape index (κ2) is 6.63. The molecule has 1 aromatic carbocycles. The summed E-state index contributed by atoms with van der Waals surface area (Å²) in [5.74, 6) is -0.516. The van der Waals surface area contributed by atoms with Crippen molar-refractivity contribution in [2.24, 2.45) is 0 Å². The van der Waals surface area contributed by atoms with Crippen molar-refractivity contribution in [3.63, 3.8) is 0 Å². The highest BCUT2D eigenvalue weighted by atomic mass is 19.1. The maximum atomic E-state index is 14.4. The van der Waals surface area contributed by atoms with Crippen molar-refractivity contribution in [2.45, 2.75) is 31.8 Å². The average Bonchev–Trinajstić information content (AvgIpc) is 2.83. The van der Waals surface area contributed by atoms with Crippen molar-refractivity contribution in [1.82, 2.24) is 14.8 Å². The van der Waals surface area contributed by atoms with Crippen molar-refractivity contribution in [1.29, 1.82) is 0 Å². The van der Waals surface area contributed by atoms with Crippen LogP contribution >= 0.6 is 0 Å². The summed E-state index contributed by atoms with van der Waals surface area (Å²) in [6, 6.07) is 8.59. The van der Waals surface area contributed by atoms with E-state index >= 15 is 0 Å². The van der Waals surface area contributed by atoms with Crippen LogP contribution < -0.4 is 11.1 Å². The highest BCUT2D eigenvalue weighted by Crippen LogP contribution is 2.34. The number of benzene rings is 1. The van der Waals surface area contributed by atoms with Crippen molar-refractivity contribution < 1.29 is 9.50 Å². The number of halogens is 1. The van der Waals surface area contributed by atoms with Gasteiger partial charge >= 0.3 is 0 Å². The molecule has 7 heteroatoms. The zero-order valence-corrected chi connectivity index (χ0v) is 15.5. The largest absolute Gasteiger partial charge is 0.392 e. The molecule has 2 aliphatic carbocycles. The fraction of sp³-hybridized carbons (Fsp3) is 0.227. The molecule has 0 saturated carbocycles. The Kier molecular flexibility index (Phi) is 4.06. The lowest BCUT2D eigenvalue weighted by Gasteiger charge is -2.18. The number of pyridine rings is 1. The van der Waals surface area contributed by atoms with Gasteiger partial charge in [0.2, 0.25) is 5.56 Å². The molecule has 0 aliphatic heterocycles. The van der Waals surface area contributed by atoms with Crippen LogP contribution in [0.5, 0.6) is 0 Å². The monoisotopic (exact) mass is 391 g/mol. The standard InChI is InChI=1S/C22H18FN3O3/c23-17-5-1-3-12-11-24-26(22(29)21(12)17)19-6-2-4-14-15-7-8-20(28)25-18(15)10-13(27)9-16(14)19/h2,4-8,11,13,27H,1,3,9-10H2,(H,25,28). The molecule has 2 heterocycles. The van der Waals surface area contributed by atoms with Crippen LogP contribution in [0.3, 0.4) is 0 Å². The lowest BCUT2D eigenvalue weighted by molar-refractivity contribution is 0.175. The van der Waals surface area contributed by atoms with Crippen molar-refractivity contribution in [3.05, 3.63) is 85.7 Å². The first-order chi connectivity index (χ1) is 14.0. The number of rotatable bonds is 1. The minimum atomic E-state index is -0.737. The third-order valence-electron chi connectivity index (χ3n) is 5.58. The van der Waals surface area contributed by atoms with Gasteiger partial charge in [-0.15, -0.1) is 0 Å². The molecular weight excluding hydrogens is 373 g/mol. The average molecular weight is 391 g/mol. The van der Waals surface area contributed by atoms with E-state index in [0.717, 1.165) is 16.7 Å². The first-order valence-corrected chi connectivity index (χ1v) is 9.53. The summed E-state index contributed by atoms with van der Waals surface area (Å²) < 4.78 is 15.6. The van der Waals surface area contributed by atoms with Gasteiger partial charge in [0.1, 0.15) is 5.83 Å². The Morgan fingerprint density at radius 1 is 1.14 bits per heavy atom. The first kappa shape index (κ1) is 17.8. The molecular formula is C22H18FN3O3. The molecule has 2 aromatic heterocycles. The molecule has 0 amide bonds. The van der Waals surface area contributed by atoms with Gasteiger partial charge in [-0.05, 0) is 47.7 Å². The molecule has 1 unspecified atom stereocenters. The van der Waals surface area contributed by atoms with Crippen LogP contribution in [-0.4, -0.2) is 26.0 Å². The zero-order valence-electron chi connectivity index (χ0n) is 15.5. The number of aliphatic hydroxyl groups excluding tert-OH is 1. The molecule has 0 radical (unpaired) electrons. The van der Waals surface area contributed by atoms with E-state index in [0.29, 0.717) is 36.2 Å². The van der Waals surface area contributed by atoms with Crippen LogP contribution in [0.4, 0.5) is 4.39 Å². The predicted octanol–water partition coefficient (Wildman–Crippen LogP) is 2.30. The molecule has 0 spiro atoms. The SMILES string of the molecule is O=c1ccc2c([nH]1)CC(O)Cc1c-2cccc1-n1ncc2c(c1=O)C(F)=CCC2. The van der Waals surface area contributed by atoms with E-state index in [-0.39, 0.29) is 17.5 Å². The van der Waals surface area contributed by atoms with Crippen LogP contribution in [0, 0.1) is 0 Å². The minimum absolute atomic E-state index is 0.0581. The molecule has 0 bridgehead atoms. The fourth-order valence-electron chi connectivity index (χ4n) is 4.27. The van der Waals surface area contributed by atoms with E-state index in [1.165, 1.54) is 16.8 Å². The van der Waals surface area contributed by atoms with Gasteiger partial charge in [-0.25, -0.2) is 4.39 Å². The van der Waals surface area contributed by atoms with Crippen LogP contribution in [0.1, 0.15) is 28.8 Å². The van der Waals surface area contributed by atoms with E-state index in [4.69, 9.17) is 0 Å². The number of nitrogens with one attached hydrogen (secondary N) is 1. The molecule has 2 aliphatic rings. The molecule has 146 valence electrons. The second-order valence-corrected chi connectivity index (χ2v) is 7.43. The molecule has 6 nitrogen and oxygen atoms in total. The molecule has 1 atom stereocenters. The molecule has 2 N–H and O–H groups in total. The Labute approximate surface area is 165 Å². The summed E-state index contributed by atoms with van der Waals surface area (Å²) >= 11 is 0. The number of aryl methyl sites for hydroxylation is 1. The Bertz CT molecular complexity index is 1290. The van der Waals surface area contributed by atoms with Gasteiger partial charge in [-0.1, -0.05) is 12.1 Å². The summed E-state index contributed by atoms with van der Waals surface area (Å²) in [6.07, 6.45) is 3.94. The number of hydrogen-bond acceptors (Lipinski definition) is 4. The summed E-state index contributed by atoms with van der Waals surface area (Å²) in [6.45, 7) is 0. The van der Waals surface area contributed by atoms with Gasteiger partial charge in [-0.2, -0.15) is 9.78 Å². The zero-order chi connectivity index (χ0) is 20.1. The lowest BCUT2D eigenvalue weighted by atomic mass is 9.96. The van der Waals surface area contributed by atoms with Crippen LogP contribution in [0.15, 0.2) is 52.2 Å². The first-order valence-electron chi connectivity index (χ1n) is 9.53. The fourth-order valence-corrected chi connectivity index (χ4v) is 4.27. The number of aliphatic hydroxyl groups is 1. The molecule has 0 saturated heterocycles. The van der Waals surface area contributed by atoms with E-state index in [1.807, 2.05) is 6.07 Å². The topological polar surface area (TPSA) is 88.0 Å². The third-order valence-corrected chi connectivity index (χ3v) is 5.58.